The summed E-state index contributed by atoms with van der Waals surface area (Å²) in [7, 11) is 0. The molecule has 128 valence electrons. The minimum Gasteiger partial charge on any atom is -0.484 e. The lowest BCUT2D eigenvalue weighted by atomic mass is 10.2. The highest BCUT2D eigenvalue weighted by Crippen LogP contribution is 2.13. The number of carbonyl (C=O) groups is 1. The van der Waals surface area contributed by atoms with Gasteiger partial charge in [0.15, 0.2) is 6.61 Å². The van der Waals surface area contributed by atoms with Gasteiger partial charge in [-0.25, -0.2) is 4.68 Å². The van der Waals surface area contributed by atoms with Gasteiger partial charge in [0.05, 0.1) is 32.1 Å². The Kier molecular flexibility index (Phi) is 5.39. The highest BCUT2D eigenvalue weighted by atomic mass is 16.5. The molecule has 2 heterocycles. The molecule has 1 aromatic heterocycles. The summed E-state index contributed by atoms with van der Waals surface area (Å²) in [6.45, 7) is 2.09. The van der Waals surface area contributed by atoms with Gasteiger partial charge in [-0.15, -0.1) is 5.10 Å². The Bertz CT molecular complexity index is 645. The van der Waals surface area contributed by atoms with E-state index in [1.54, 1.807) is 46.2 Å². The van der Waals surface area contributed by atoms with Crippen LogP contribution in [-0.2, 0) is 22.7 Å². The van der Waals surface area contributed by atoms with Crippen molar-refractivity contribution in [3.63, 3.8) is 0 Å². The van der Waals surface area contributed by atoms with Gasteiger partial charge in [-0.2, -0.15) is 0 Å². The number of aliphatic hydroxyl groups is 1. The quantitative estimate of drug-likeness (QED) is 0.806. The SMILES string of the molecule is O=C(COc1ccc(CO)cc1)N1CCOC(Cn2ccnn2)C1. The highest BCUT2D eigenvalue weighted by molar-refractivity contribution is 5.77. The second-order valence-electron chi connectivity index (χ2n) is 5.55. The van der Waals surface area contributed by atoms with E-state index in [0.29, 0.717) is 32.0 Å². The van der Waals surface area contributed by atoms with Crippen LogP contribution in [0.4, 0.5) is 0 Å². The minimum atomic E-state index is -0.103. The molecule has 1 aromatic carbocycles. The minimum absolute atomic E-state index is 0.0137. The molecule has 1 fully saturated rings. The molecular formula is C16H20N4O4. The van der Waals surface area contributed by atoms with Gasteiger partial charge in [-0.05, 0) is 17.7 Å². The zero-order valence-corrected chi connectivity index (χ0v) is 13.2. The molecule has 3 rings (SSSR count). The molecule has 1 N–H and O–H groups in total. The number of benzene rings is 1. The van der Waals surface area contributed by atoms with Crippen LogP contribution in [0.3, 0.4) is 0 Å². The van der Waals surface area contributed by atoms with Crippen LogP contribution in [-0.4, -0.2) is 63.3 Å². The average Bonchev–Trinajstić information content (AvgIpc) is 3.13. The number of rotatable bonds is 6. The van der Waals surface area contributed by atoms with Crippen LogP contribution in [0.15, 0.2) is 36.7 Å². The van der Waals surface area contributed by atoms with Crippen molar-refractivity contribution in [2.24, 2.45) is 0 Å². The molecule has 1 amide bonds. The van der Waals surface area contributed by atoms with Crippen molar-refractivity contribution in [3.8, 4) is 5.75 Å². The third-order valence-corrected chi connectivity index (χ3v) is 3.82. The maximum absolute atomic E-state index is 12.3. The lowest BCUT2D eigenvalue weighted by molar-refractivity contribution is -0.141. The van der Waals surface area contributed by atoms with Crippen molar-refractivity contribution >= 4 is 5.91 Å². The first-order valence-electron chi connectivity index (χ1n) is 7.80. The van der Waals surface area contributed by atoms with Crippen LogP contribution in [0.25, 0.3) is 0 Å². The van der Waals surface area contributed by atoms with Gasteiger partial charge < -0.3 is 19.5 Å². The standard InChI is InChI=1S/C16H20N4O4/c21-11-13-1-3-14(4-2-13)24-12-16(22)19-7-8-23-15(9-19)10-20-6-5-17-18-20/h1-6,15,21H,7-12H2. The number of morpholine rings is 1. The summed E-state index contributed by atoms with van der Waals surface area (Å²) in [4.78, 5) is 14.1. The molecule has 0 radical (unpaired) electrons. The summed E-state index contributed by atoms with van der Waals surface area (Å²) in [6, 6.07) is 7.02. The molecule has 1 atom stereocenters. The van der Waals surface area contributed by atoms with E-state index in [4.69, 9.17) is 14.6 Å². The molecule has 2 aromatic rings. The van der Waals surface area contributed by atoms with E-state index in [-0.39, 0.29) is 25.2 Å². The number of nitrogens with zero attached hydrogens (tertiary/aromatic N) is 4. The second-order valence-corrected chi connectivity index (χ2v) is 5.55. The van der Waals surface area contributed by atoms with Gasteiger partial charge >= 0.3 is 0 Å². The molecule has 0 saturated carbocycles. The predicted octanol–water partition coefficient (Wildman–Crippen LogP) is 0.0768. The first-order chi connectivity index (χ1) is 11.7. The lowest BCUT2D eigenvalue weighted by Crippen LogP contribution is -2.48. The molecule has 24 heavy (non-hydrogen) atoms. The van der Waals surface area contributed by atoms with Crippen LogP contribution in [0.2, 0.25) is 0 Å². The van der Waals surface area contributed by atoms with E-state index >= 15 is 0 Å². The van der Waals surface area contributed by atoms with Crippen molar-refractivity contribution in [2.75, 3.05) is 26.3 Å². The van der Waals surface area contributed by atoms with Gasteiger partial charge in [0.2, 0.25) is 0 Å². The monoisotopic (exact) mass is 332 g/mol. The van der Waals surface area contributed by atoms with Crippen LogP contribution in [0.1, 0.15) is 5.56 Å². The molecule has 8 heteroatoms. The molecule has 0 bridgehead atoms. The normalized spacial score (nSPS) is 17.7. The highest BCUT2D eigenvalue weighted by Gasteiger charge is 2.25. The Hall–Kier alpha value is -2.45. The molecular weight excluding hydrogens is 312 g/mol. The van der Waals surface area contributed by atoms with Crippen molar-refractivity contribution in [2.45, 2.75) is 19.3 Å². The zero-order valence-electron chi connectivity index (χ0n) is 13.2. The molecule has 1 saturated heterocycles. The van der Waals surface area contributed by atoms with Gasteiger partial charge in [0.25, 0.3) is 5.91 Å². The molecule has 1 aliphatic rings. The first kappa shape index (κ1) is 16.4. The fourth-order valence-corrected chi connectivity index (χ4v) is 2.52. The topological polar surface area (TPSA) is 89.7 Å². The van der Waals surface area contributed by atoms with Crippen LogP contribution >= 0.6 is 0 Å². The third-order valence-electron chi connectivity index (χ3n) is 3.82. The van der Waals surface area contributed by atoms with Crippen LogP contribution < -0.4 is 4.74 Å². The number of hydrogen-bond acceptors (Lipinski definition) is 6. The maximum Gasteiger partial charge on any atom is 0.260 e. The van der Waals surface area contributed by atoms with Crippen molar-refractivity contribution < 1.29 is 19.4 Å². The number of hydrogen-bond donors (Lipinski definition) is 1. The molecule has 1 aliphatic heterocycles. The number of ether oxygens (including phenoxy) is 2. The summed E-state index contributed by atoms with van der Waals surface area (Å²) >= 11 is 0. The smallest absolute Gasteiger partial charge is 0.260 e. The van der Waals surface area contributed by atoms with E-state index in [2.05, 4.69) is 10.3 Å². The van der Waals surface area contributed by atoms with Crippen molar-refractivity contribution in [1.29, 1.82) is 0 Å². The maximum atomic E-state index is 12.3. The van der Waals surface area contributed by atoms with Crippen molar-refractivity contribution in [1.82, 2.24) is 19.9 Å². The predicted molar refractivity (Wildman–Crippen MR) is 84.2 cm³/mol. The van der Waals surface area contributed by atoms with Gasteiger partial charge in [-0.1, -0.05) is 17.3 Å². The number of carbonyl (C=O) groups excluding carboxylic acids is 1. The number of amides is 1. The summed E-state index contributed by atoms with van der Waals surface area (Å²) in [5.41, 5.74) is 0.804. The summed E-state index contributed by atoms with van der Waals surface area (Å²) < 4.78 is 12.9. The largest absolute Gasteiger partial charge is 0.484 e. The van der Waals surface area contributed by atoms with E-state index in [1.165, 1.54) is 0 Å². The molecule has 0 aliphatic carbocycles. The number of aliphatic hydroxyl groups excluding tert-OH is 1. The van der Waals surface area contributed by atoms with E-state index in [0.717, 1.165) is 5.56 Å². The third kappa shape index (κ3) is 4.30. The fraction of sp³-hybridized carbons (Fsp3) is 0.438. The second kappa shape index (κ2) is 7.89. The van der Waals surface area contributed by atoms with Crippen molar-refractivity contribution in [3.05, 3.63) is 42.2 Å². The summed E-state index contributed by atoms with van der Waals surface area (Å²) in [5.74, 6) is 0.529. The van der Waals surface area contributed by atoms with Crippen LogP contribution in [0.5, 0.6) is 5.75 Å². The van der Waals surface area contributed by atoms with E-state index in [9.17, 15) is 4.79 Å². The van der Waals surface area contributed by atoms with E-state index in [1.807, 2.05) is 0 Å². The van der Waals surface area contributed by atoms with Gasteiger partial charge in [0.1, 0.15) is 5.75 Å². The Labute approximate surface area is 139 Å². The summed E-state index contributed by atoms with van der Waals surface area (Å²) in [6.07, 6.45) is 3.28. The molecule has 8 nitrogen and oxygen atoms in total. The Morgan fingerprint density at radius 1 is 1.38 bits per heavy atom. The Morgan fingerprint density at radius 2 is 2.21 bits per heavy atom. The summed E-state index contributed by atoms with van der Waals surface area (Å²) in [5, 5.41) is 16.7. The van der Waals surface area contributed by atoms with Gasteiger partial charge in [0, 0.05) is 19.3 Å². The Balaban J connectivity index is 1.48. The van der Waals surface area contributed by atoms with E-state index < -0.39 is 0 Å². The average molecular weight is 332 g/mol. The fourth-order valence-electron chi connectivity index (χ4n) is 2.52. The van der Waals surface area contributed by atoms with Crippen LogP contribution in [0, 0.1) is 0 Å². The molecule has 1 unspecified atom stereocenters. The first-order valence-corrected chi connectivity index (χ1v) is 7.80. The zero-order chi connectivity index (χ0) is 16.8. The lowest BCUT2D eigenvalue weighted by Gasteiger charge is -2.32. The molecule has 0 spiro atoms. The van der Waals surface area contributed by atoms with Gasteiger partial charge in [-0.3, -0.25) is 4.79 Å². The number of aromatic nitrogens is 3. The Morgan fingerprint density at radius 3 is 2.92 bits per heavy atom.